The van der Waals surface area contributed by atoms with Crippen molar-refractivity contribution in [3.63, 3.8) is 0 Å². The van der Waals surface area contributed by atoms with E-state index in [0.29, 0.717) is 6.10 Å². The molecule has 0 spiro atoms. The lowest BCUT2D eigenvalue weighted by Gasteiger charge is -2.23. The van der Waals surface area contributed by atoms with Gasteiger partial charge in [-0.1, -0.05) is 32.4 Å². The summed E-state index contributed by atoms with van der Waals surface area (Å²) in [6.45, 7) is 6.54. The van der Waals surface area contributed by atoms with Crippen LogP contribution in [-0.4, -0.2) is 6.10 Å². The number of halogens is 1. The molecule has 0 aliphatic heterocycles. The van der Waals surface area contributed by atoms with Crippen LogP contribution in [0.3, 0.4) is 0 Å². The fourth-order valence-electron chi connectivity index (χ4n) is 1.56. The Labute approximate surface area is 96.4 Å². The molecule has 0 heterocycles. The highest BCUT2D eigenvalue weighted by Crippen LogP contribution is 2.36. The summed E-state index contributed by atoms with van der Waals surface area (Å²) < 4.78 is 5.88. The second-order valence-corrected chi connectivity index (χ2v) is 5.64. The molecule has 0 N–H and O–H groups in total. The number of ether oxygens (including phenoxy) is 1. The zero-order chi connectivity index (χ0) is 11.1. The predicted octanol–water partition coefficient (Wildman–Crippen LogP) is 4.18. The molecular formula is C13H17ClO. The van der Waals surface area contributed by atoms with Gasteiger partial charge in [0, 0.05) is 10.6 Å². The largest absolute Gasteiger partial charge is 0.490 e. The first kappa shape index (κ1) is 10.8. The molecule has 1 aromatic carbocycles. The molecule has 15 heavy (non-hydrogen) atoms. The van der Waals surface area contributed by atoms with Crippen LogP contribution in [0, 0.1) is 0 Å². The van der Waals surface area contributed by atoms with Gasteiger partial charge >= 0.3 is 0 Å². The molecule has 0 radical (unpaired) electrons. The van der Waals surface area contributed by atoms with E-state index in [1.165, 1.54) is 18.4 Å². The van der Waals surface area contributed by atoms with Gasteiger partial charge < -0.3 is 4.74 Å². The maximum Gasteiger partial charge on any atom is 0.123 e. The summed E-state index contributed by atoms with van der Waals surface area (Å²) in [6.07, 6.45) is 2.81. The van der Waals surface area contributed by atoms with Crippen LogP contribution in [0.15, 0.2) is 18.2 Å². The molecule has 0 aromatic heterocycles. The molecule has 1 aromatic rings. The fraction of sp³-hybridized carbons (Fsp3) is 0.538. The van der Waals surface area contributed by atoms with Crippen LogP contribution in [0.25, 0.3) is 0 Å². The molecule has 1 aliphatic carbocycles. The summed E-state index contributed by atoms with van der Waals surface area (Å²) in [7, 11) is 0. The van der Waals surface area contributed by atoms with Crippen molar-refractivity contribution in [3.05, 3.63) is 28.8 Å². The first-order valence-electron chi connectivity index (χ1n) is 5.43. The van der Waals surface area contributed by atoms with Gasteiger partial charge in [-0.25, -0.2) is 0 Å². The third-order valence-electron chi connectivity index (χ3n) is 2.57. The second kappa shape index (κ2) is 3.71. The van der Waals surface area contributed by atoms with Gasteiger partial charge in [0.15, 0.2) is 0 Å². The standard InChI is InChI=1S/C13H17ClO/c1-13(2,3)11-8-9(14)4-7-12(11)15-10-5-6-10/h4,7-8,10H,5-6H2,1-3H3. The van der Waals surface area contributed by atoms with E-state index < -0.39 is 0 Å². The summed E-state index contributed by atoms with van der Waals surface area (Å²) in [5.74, 6) is 0.995. The minimum Gasteiger partial charge on any atom is -0.490 e. The van der Waals surface area contributed by atoms with Crippen molar-refractivity contribution < 1.29 is 4.74 Å². The molecule has 0 saturated heterocycles. The van der Waals surface area contributed by atoms with Gasteiger partial charge in [0.1, 0.15) is 5.75 Å². The first-order chi connectivity index (χ1) is 6.97. The van der Waals surface area contributed by atoms with Crippen molar-refractivity contribution in [1.29, 1.82) is 0 Å². The van der Waals surface area contributed by atoms with Crippen molar-refractivity contribution in [2.75, 3.05) is 0 Å². The normalized spacial score (nSPS) is 16.5. The molecule has 1 saturated carbocycles. The SMILES string of the molecule is CC(C)(C)c1cc(Cl)ccc1OC1CC1. The van der Waals surface area contributed by atoms with Gasteiger partial charge in [0.2, 0.25) is 0 Å². The number of hydrogen-bond donors (Lipinski definition) is 0. The van der Waals surface area contributed by atoms with Gasteiger partial charge in [0.05, 0.1) is 6.10 Å². The monoisotopic (exact) mass is 224 g/mol. The predicted molar refractivity (Wildman–Crippen MR) is 63.8 cm³/mol. The van der Waals surface area contributed by atoms with Crippen LogP contribution in [-0.2, 0) is 5.41 Å². The topological polar surface area (TPSA) is 9.23 Å². The molecule has 2 heteroatoms. The summed E-state index contributed by atoms with van der Waals surface area (Å²) in [5, 5.41) is 0.781. The third kappa shape index (κ3) is 2.66. The summed E-state index contributed by atoms with van der Waals surface area (Å²) in [5.41, 5.74) is 1.27. The smallest absolute Gasteiger partial charge is 0.123 e. The van der Waals surface area contributed by atoms with E-state index in [9.17, 15) is 0 Å². The van der Waals surface area contributed by atoms with Crippen molar-refractivity contribution >= 4 is 11.6 Å². The van der Waals surface area contributed by atoms with Gasteiger partial charge in [-0.15, -0.1) is 0 Å². The average molecular weight is 225 g/mol. The molecule has 1 fully saturated rings. The molecule has 2 rings (SSSR count). The minimum atomic E-state index is 0.0785. The molecule has 0 bridgehead atoms. The Bertz CT molecular complexity index is 361. The third-order valence-corrected chi connectivity index (χ3v) is 2.80. The number of hydrogen-bond acceptors (Lipinski definition) is 1. The lowest BCUT2D eigenvalue weighted by atomic mass is 9.86. The number of rotatable bonds is 2. The molecule has 0 unspecified atom stereocenters. The van der Waals surface area contributed by atoms with E-state index in [2.05, 4.69) is 20.8 Å². The molecular weight excluding hydrogens is 208 g/mol. The van der Waals surface area contributed by atoms with Crippen LogP contribution in [0.4, 0.5) is 0 Å². The van der Waals surface area contributed by atoms with Crippen LogP contribution in [0.5, 0.6) is 5.75 Å². The molecule has 0 atom stereocenters. The molecule has 82 valence electrons. The Balaban J connectivity index is 2.34. The van der Waals surface area contributed by atoms with Crippen LogP contribution in [0.2, 0.25) is 5.02 Å². The van der Waals surface area contributed by atoms with Crippen molar-refractivity contribution in [2.45, 2.75) is 45.1 Å². The fourth-order valence-corrected chi connectivity index (χ4v) is 1.73. The summed E-state index contributed by atoms with van der Waals surface area (Å²) >= 11 is 6.02. The van der Waals surface area contributed by atoms with Gasteiger partial charge in [0.25, 0.3) is 0 Å². The zero-order valence-electron chi connectivity index (χ0n) is 9.51. The van der Waals surface area contributed by atoms with Crippen LogP contribution in [0.1, 0.15) is 39.2 Å². The Kier molecular flexibility index (Phi) is 2.68. The summed E-state index contributed by atoms with van der Waals surface area (Å²) in [4.78, 5) is 0. The van der Waals surface area contributed by atoms with Crippen LogP contribution >= 0.6 is 11.6 Å². The molecule has 0 amide bonds. The van der Waals surface area contributed by atoms with E-state index in [-0.39, 0.29) is 5.41 Å². The Morgan fingerprint density at radius 2 is 1.93 bits per heavy atom. The second-order valence-electron chi connectivity index (χ2n) is 5.21. The zero-order valence-corrected chi connectivity index (χ0v) is 10.3. The van der Waals surface area contributed by atoms with Crippen molar-refractivity contribution in [3.8, 4) is 5.75 Å². The van der Waals surface area contributed by atoms with Gasteiger partial charge in [-0.05, 0) is 36.5 Å². The average Bonchev–Trinajstić information content (AvgIpc) is 2.90. The Morgan fingerprint density at radius 1 is 1.27 bits per heavy atom. The van der Waals surface area contributed by atoms with E-state index in [0.717, 1.165) is 10.8 Å². The summed E-state index contributed by atoms with van der Waals surface area (Å²) in [6, 6.07) is 5.90. The highest BCUT2D eigenvalue weighted by molar-refractivity contribution is 6.30. The van der Waals surface area contributed by atoms with E-state index in [1.807, 2.05) is 18.2 Å². The van der Waals surface area contributed by atoms with E-state index in [1.54, 1.807) is 0 Å². The minimum absolute atomic E-state index is 0.0785. The van der Waals surface area contributed by atoms with Crippen molar-refractivity contribution in [1.82, 2.24) is 0 Å². The highest BCUT2D eigenvalue weighted by Gasteiger charge is 2.27. The maximum atomic E-state index is 6.02. The van der Waals surface area contributed by atoms with E-state index in [4.69, 9.17) is 16.3 Å². The van der Waals surface area contributed by atoms with E-state index >= 15 is 0 Å². The lowest BCUT2D eigenvalue weighted by Crippen LogP contribution is -2.14. The van der Waals surface area contributed by atoms with Crippen LogP contribution < -0.4 is 4.74 Å². The lowest BCUT2D eigenvalue weighted by molar-refractivity contribution is 0.295. The Hall–Kier alpha value is -0.690. The quantitative estimate of drug-likeness (QED) is 0.733. The number of benzene rings is 1. The van der Waals surface area contributed by atoms with Crippen molar-refractivity contribution in [2.24, 2.45) is 0 Å². The Morgan fingerprint density at radius 3 is 2.47 bits per heavy atom. The van der Waals surface area contributed by atoms with Gasteiger partial charge in [-0.3, -0.25) is 0 Å². The highest BCUT2D eigenvalue weighted by atomic mass is 35.5. The maximum absolute atomic E-state index is 6.02. The molecule has 1 nitrogen and oxygen atoms in total. The first-order valence-corrected chi connectivity index (χ1v) is 5.81. The van der Waals surface area contributed by atoms with Gasteiger partial charge in [-0.2, -0.15) is 0 Å². The molecule has 1 aliphatic rings.